The van der Waals surface area contributed by atoms with Crippen LogP contribution >= 0.6 is 0 Å². The van der Waals surface area contributed by atoms with Crippen molar-refractivity contribution in [1.82, 2.24) is 0 Å². The van der Waals surface area contributed by atoms with Gasteiger partial charge in [-0.3, -0.25) is 4.79 Å². The van der Waals surface area contributed by atoms with Gasteiger partial charge in [0.2, 0.25) is 0 Å². The number of fused-ring (bicyclic) bond motifs is 1. The standard InChI is InChI=1S/C12H4N2O/c13-6-8(7-14)11-5-12(15)10-4-2-1-3-9(10)11/h1,3H,5H2. The average molecular weight is 192 g/mol. The topological polar surface area (TPSA) is 64.7 Å². The van der Waals surface area contributed by atoms with Crippen molar-refractivity contribution >= 4 is 11.4 Å². The molecular formula is C12H4N2O. The van der Waals surface area contributed by atoms with Gasteiger partial charge in [0.05, 0.1) is 5.56 Å². The maximum atomic E-state index is 11.5. The highest BCUT2D eigenvalue weighted by atomic mass is 16.1. The lowest BCUT2D eigenvalue weighted by Crippen LogP contribution is -1.88. The first kappa shape index (κ1) is 9.00. The lowest BCUT2D eigenvalue weighted by atomic mass is 10.0. The van der Waals surface area contributed by atoms with Crippen molar-refractivity contribution in [2.75, 3.05) is 0 Å². The number of Topliss-reactive ketones (excluding diaryl/α,β-unsaturated/α-hetero) is 1. The van der Waals surface area contributed by atoms with Crippen LogP contribution in [0, 0.1) is 34.8 Å². The van der Waals surface area contributed by atoms with Crippen LogP contribution in [0.25, 0.3) is 5.57 Å². The number of carbonyl (C=O) groups is 1. The summed E-state index contributed by atoms with van der Waals surface area (Å²) in [5.74, 6) is -0.111. The minimum Gasteiger partial charge on any atom is -0.293 e. The van der Waals surface area contributed by atoms with E-state index >= 15 is 0 Å². The van der Waals surface area contributed by atoms with Crippen molar-refractivity contribution < 1.29 is 4.79 Å². The van der Waals surface area contributed by atoms with Crippen LogP contribution in [0.5, 0.6) is 0 Å². The molecule has 0 unspecified atom stereocenters. The highest BCUT2D eigenvalue weighted by Gasteiger charge is 2.26. The van der Waals surface area contributed by atoms with Crippen LogP contribution in [-0.2, 0) is 0 Å². The minimum absolute atomic E-state index is 0.00157. The summed E-state index contributed by atoms with van der Waals surface area (Å²) < 4.78 is 0. The number of hydrogen-bond donors (Lipinski definition) is 0. The van der Waals surface area contributed by atoms with Crippen LogP contribution in [0.2, 0.25) is 0 Å². The first-order chi connectivity index (χ1) is 7.27. The minimum atomic E-state index is -0.111. The summed E-state index contributed by atoms with van der Waals surface area (Å²) in [5.41, 5.74) is 1.57. The SMILES string of the molecule is N#CC(C#N)=C1CC(=O)c2c#cccc21. The Morgan fingerprint density at radius 1 is 1.40 bits per heavy atom. The first-order valence-electron chi connectivity index (χ1n) is 4.27. The van der Waals surface area contributed by atoms with Crippen LogP contribution in [0.1, 0.15) is 22.3 Å². The molecule has 0 atom stereocenters. The number of ketones is 1. The molecule has 15 heavy (non-hydrogen) atoms. The van der Waals surface area contributed by atoms with E-state index in [1.165, 1.54) is 0 Å². The molecule has 1 aliphatic carbocycles. The Labute approximate surface area is 86.9 Å². The molecule has 0 heterocycles. The average Bonchev–Trinajstić information content (AvgIpc) is 2.60. The third-order valence-electron chi connectivity index (χ3n) is 2.27. The number of allylic oxidation sites excluding steroid dienone is 2. The maximum Gasteiger partial charge on any atom is 0.176 e. The summed E-state index contributed by atoms with van der Waals surface area (Å²) in [6.07, 6.45) is 0.111. The molecule has 1 aliphatic rings. The summed E-state index contributed by atoms with van der Waals surface area (Å²) in [5, 5.41) is 17.5. The van der Waals surface area contributed by atoms with Crippen LogP contribution < -0.4 is 0 Å². The summed E-state index contributed by atoms with van der Waals surface area (Å²) in [6, 6.07) is 12.3. The molecule has 1 aromatic carbocycles. The molecule has 68 valence electrons. The number of nitriles is 2. The lowest BCUT2D eigenvalue weighted by Gasteiger charge is -1.95. The molecular weight excluding hydrogens is 188 g/mol. The molecule has 0 aliphatic heterocycles. The van der Waals surface area contributed by atoms with Gasteiger partial charge in [-0.1, -0.05) is 12.1 Å². The molecule has 3 heteroatoms. The van der Waals surface area contributed by atoms with E-state index in [1.807, 2.05) is 0 Å². The fraction of sp³-hybridized carbons (Fsp3) is 0.0833. The Bertz CT molecular complexity index is 540. The van der Waals surface area contributed by atoms with Gasteiger partial charge in [-0.15, -0.1) is 0 Å². The van der Waals surface area contributed by atoms with Crippen LogP contribution in [0.3, 0.4) is 0 Å². The number of nitrogens with zero attached hydrogens (tertiary/aromatic N) is 2. The van der Waals surface area contributed by atoms with Crippen molar-refractivity contribution in [1.29, 1.82) is 10.5 Å². The number of rotatable bonds is 0. The second-order valence-corrected chi connectivity index (χ2v) is 3.07. The smallest absolute Gasteiger partial charge is 0.176 e. The van der Waals surface area contributed by atoms with E-state index in [1.54, 1.807) is 24.3 Å². The van der Waals surface area contributed by atoms with Gasteiger partial charge in [-0.05, 0) is 17.7 Å². The van der Waals surface area contributed by atoms with Crippen LogP contribution in [-0.4, -0.2) is 5.78 Å². The third-order valence-corrected chi connectivity index (χ3v) is 2.27. The van der Waals surface area contributed by atoms with Crippen molar-refractivity contribution in [2.45, 2.75) is 6.42 Å². The van der Waals surface area contributed by atoms with Gasteiger partial charge in [-0.25, -0.2) is 0 Å². The highest BCUT2D eigenvalue weighted by Crippen LogP contribution is 2.32. The van der Waals surface area contributed by atoms with Gasteiger partial charge in [-0.2, -0.15) is 10.5 Å². The van der Waals surface area contributed by atoms with Crippen LogP contribution in [0.4, 0.5) is 0 Å². The van der Waals surface area contributed by atoms with Gasteiger partial charge in [0, 0.05) is 12.0 Å². The molecule has 0 spiro atoms. The van der Waals surface area contributed by atoms with Gasteiger partial charge >= 0.3 is 0 Å². The fourth-order valence-electron chi connectivity index (χ4n) is 1.59. The Balaban J connectivity index is 2.71. The molecule has 0 radical (unpaired) electrons. The number of carbonyl (C=O) groups excluding carboxylic acids is 1. The van der Waals surface area contributed by atoms with Crippen molar-refractivity contribution in [3.05, 3.63) is 41.0 Å². The van der Waals surface area contributed by atoms with Crippen molar-refractivity contribution in [3.8, 4) is 12.1 Å². The molecule has 3 nitrogen and oxygen atoms in total. The Kier molecular flexibility index (Phi) is 1.98. The zero-order valence-electron chi connectivity index (χ0n) is 7.66. The zero-order valence-corrected chi connectivity index (χ0v) is 7.66. The third kappa shape index (κ3) is 1.26. The van der Waals surface area contributed by atoms with E-state index in [0.29, 0.717) is 16.7 Å². The summed E-state index contributed by atoms with van der Waals surface area (Å²) in [4.78, 5) is 11.5. The van der Waals surface area contributed by atoms with E-state index in [4.69, 9.17) is 10.5 Å². The zero-order chi connectivity index (χ0) is 10.8. The van der Waals surface area contributed by atoms with E-state index in [2.05, 4.69) is 12.1 Å². The second kappa shape index (κ2) is 3.29. The van der Waals surface area contributed by atoms with E-state index in [9.17, 15) is 4.79 Å². The summed E-state index contributed by atoms with van der Waals surface area (Å²) in [6.45, 7) is 0. The van der Waals surface area contributed by atoms with Crippen molar-refractivity contribution in [3.63, 3.8) is 0 Å². The fourth-order valence-corrected chi connectivity index (χ4v) is 1.59. The molecule has 0 amide bonds. The predicted molar refractivity (Wildman–Crippen MR) is 51.2 cm³/mol. The first-order valence-corrected chi connectivity index (χ1v) is 4.27. The van der Waals surface area contributed by atoms with Gasteiger partial charge in [0.15, 0.2) is 5.78 Å². The van der Waals surface area contributed by atoms with Gasteiger partial charge in [0.1, 0.15) is 17.7 Å². The van der Waals surface area contributed by atoms with Crippen LogP contribution in [0.15, 0.2) is 17.7 Å². The monoisotopic (exact) mass is 192 g/mol. The normalized spacial score (nSPS) is 12.4. The largest absolute Gasteiger partial charge is 0.293 e. The van der Waals surface area contributed by atoms with Gasteiger partial charge < -0.3 is 0 Å². The molecule has 0 bridgehead atoms. The van der Waals surface area contributed by atoms with Crippen molar-refractivity contribution in [2.24, 2.45) is 0 Å². The molecule has 2 rings (SSSR count). The predicted octanol–water partition coefficient (Wildman–Crippen LogP) is 1.67. The molecule has 0 saturated heterocycles. The molecule has 0 aromatic heterocycles. The Hall–Kier alpha value is -2.57. The van der Waals surface area contributed by atoms with E-state index < -0.39 is 0 Å². The second-order valence-electron chi connectivity index (χ2n) is 3.07. The Morgan fingerprint density at radius 3 is 2.80 bits per heavy atom. The maximum absolute atomic E-state index is 11.5. The van der Waals surface area contributed by atoms with E-state index in [-0.39, 0.29) is 17.8 Å². The lowest BCUT2D eigenvalue weighted by molar-refractivity contribution is 0.100. The molecule has 0 fully saturated rings. The number of hydrogen-bond acceptors (Lipinski definition) is 3. The summed E-state index contributed by atoms with van der Waals surface area (Å²) >= 11 is 0. The summed E-state index contributed by atoms with van der Waals surface area (Å²) in [7, 11) is 0. The molecule has 0 N–H and O–H groups in total. The highest BCUT2D eigenvalue weighted by molar-refractivity contribution is 6.12. The Morgan fingerprint density at radius 2 is 2.13 bits per heavy atom. The quantitative estimate of drug-likeness (QED) is 0.587. The van der Waals surface area contributed by atoms with Gasteiger partial charge in [0.25, 0.3) is 0 Å². The van der Waals surface area contributed by atoms with E-state index in [0.717, 1.165) is 0 Å². The molecule has 1 aromatic rings. The molecule has 0 saturated carbocycles.